The van der Waals surface area contributed by atoms with E-state index >= 15 is 0 Å². The Morgan fingerprint density at radius 2 is 1.55 bits per heavy atom. The highest BCUT2D eigenvalue weighted by atomic mass is 19.1. The second kappa shape index (κ2) is 5.92. The highest BCUT2D eigenvalue weighted by molar-refractivity contribution is 5.46. The normalized spacial score (nSPS) is 12.2. The zero-order chi connectivity index (χ0) is 14.7. The van der Waals surface area contributed by atoms with Gasteiger partial charge in [0.15, 0.2) is 11.6 Å². The van der Waals surface area contributed by atoms with E-state index in [0.717, 1.165) is 6.07 Å². The van der Waals surface area contributed by atoms with Crippen molar-refractivity contribution >= 4 is 5.69 Å². The summed E-state index contributed by atoms with van der Waals surface area (Å²) in [5, 5.41) is 12.1. The average Bonchev–Trinajstić information content (AvgIpc) is 2.37. The molecule has 0 aliphatic heterocycles. The minimum Gasteiger partial charge on any atom is -0.386 e. The third-order valence-corrected chi connectivity index (χ3v) is 2.74. The molecule has 20 heavy (non-hydrogen) atoms. The zero-order valence-electron chi connectivity index (χ0n) is 10.2. The van der Waals surface area contributed by atoms with Crippen LogP contribution < -0.4 is 5.32 Å². The lowest BCUT2D eigenvalue weighted by Gasteiger charge is -2.14. The molecule has 0 fully saturated rings. The van der Waals surface area contributed by atoms with Crippen molar-refractivity contribution in [1.82, 2.24) is 0 Å². The Balaban J connectivity index is 2.12. The third kappa shape index (κ3) is 3.08. The van der Waals surface area contributed by atoms with Crippen LogP contribution in [0.2, 0.25) is 0 Å². The maximum absolute atomic E-state index is 13.4. The van der Waals surface area contributed by atoms with Crippen LogP contribution in [-0.2, 0) is 0 Å². The molecule has 0 saturated carbocycles. The first-order valence-corrected chi connectivity index (χ1v) is 5.80. The van der Waals surface area contributed by atoms with E-state index in [0.29, 0.717) is 12.1 Å². The molecule has 0 saturated heterocycles. The number of halogens is 4. The van der Waals surface area contributed by atoms with Gasteiger partial charge in [-0.2, -0.15) is 0 Å². The fraction of sp³-hybridized carbons (Fsp3) is 0.143. The molecule has 1 unspecified atom stereocenters. The number of hydrogen-bond donors (Lipinski definition) is 2. The summed E-state index contributed by atoms with van der Waals surface area (Å²) < 4.78 is 52.8. The van der Waals surface area contributed by atoms with Gasteiger partial charge in [-0.1, -0.05) is 18.2 Å². The van der Waals surface area contributed by atoms with E-state index in [2.05, 4.69) is 5.32 Å². The fourth-order valence-corrected chi connectivity index (χ4v) is 1.77. The molecule has 2 rings (SSSR count). The highest BCUT2D eigenvalue weighted by Gasteiger charge is 2.15. The number of anilines is 1. The summed E-state index contributed by atoms with van der Waals surface area (Å²) in [7, 11) is 0. The van der Waals surface area contributed by atoms with Gasteiger partial charge in [0, 0.05) is 24.2 Å². The lowest BCUT2D eigenvalue weighted by atomic mass is 10.1. The molecule has 1 atom stereocenters. The van der Waals surface area contributed by atoms with Crippen LogP contribution in [0.3, 0.4) is 0 Å². The molecule has 0 amide bonds. The predicted molar refractivity (Wildman–Crippen MR) is 66.2 cm³/mol. The fourth-order valence-electron chi connectivity index (χ4n) is 1.77. The Labute approximate surface area is 112 Å². The SMILES string of the molecule is OC(CNc1c(F)cc(F)cc1F)c1ccccc1F. The van der Waals surface area contributed by atoms with Gasteiger partial charge < -0.3 is 10.4 Å². The standard InChI is InChI=1S/C14H11F4NO/c15-8-5-11(17)14(12(18)6-8)19-7-13(20)9-3-1-2-4-10(9)16/h1-6,13,19-20H,7H2. The molecule has 2 N–H and O–H groups in total. The van der Waals surface area contributed by atoms with Crippen LogP contribution in [0.1, 0.15) is 11.7 Å². The molecule has 0 heterocycles. The minimum absolute atomic E-state index is 0.00271. The van der Waals surface area contributed by atoms with Crippen molar-refractivity contribution in [2.24, 2.45) is 0 Å². The molecule has 2 nitrogen and oxygen atoms in total. The monoisotopic (exact) mass is 285 g/mol. The summed E-state index contributed by atoms with van der Waals surface area (Å²) in [5.41, 5.74) is -0.565. The maximum atomic E-state index is 13.4. The van der Waals surface area contributed by atoms with E-state index in [1.807, 2.05) is 0 Å². The molecule has 106 valence electrons. The topological polar surface area (TPSA) is 32.3 Å². The van der Waals surface area contributed by atoms with Gasteiger partial charge in [0.2, 0.25) is 0 Å². The van der Waals surface area contributed by atoms with Crippen LogP contribution in [0.4, 0.5) is 23.2 Å². The summed E-state index contributed by atoms with van der Waals surface area (Å²) in [4.78, 5) is 0. The lowest BCUT2D eigenvalue weighted by Crippen LogP contribution is -2.15. The van der Waals surface area contributed by atoms with E-state index in [1.165, 1.54) is 18.2 Å². The van der Waals surface area contributed by atoms with Crippen molar-refractivity contribution in [3.8, 4) is 0 Å². The van der Waals surface area contributed by atoms with E-state index < -0.39 is 35.1 Å². The van der Waals surface area contributed by atoms with Gasteiger partial charge in [-0.3, -0.25) is 0 Å². The molecule has 0 spiro atoms. The highest BCUT2D eigenvalue weighted by Crippen LogP contribution is 2.22. The van der Waals surface area contributed by atoms with Crippen LogP contribution in [0.25, 0.3) is 0 Å². The average molecular weight is 285 g/mol. The molecule has 2 aromatic rings. The second-order valence-electron chi connectivity index (χ2n) is 4.16. The molecular weight excluding hydrogens is 274 g/mol. The van der Waals surface area contributed by atoms with Crippen LogP contribution in [0.5, 0.6) is 0 Å². The van der Waals surface area contributed by atoms with Gasteiger partial charge in [-0.05, 0) is 6.07 Å². The lowest BCUT2D eigenvalue weighted by molar-refractivity contribution is 0.186. The Hall–Kier alpha value is -2.08. The smallest absolute Gasteiger partial charge is 0.152 e. The minimum atomic E-state index is -1.29. The Bertz CT molecular complexity index is 595. The number of hydrogen-bond acceptors (Lipinski definition) is 2. The first-order valence-electron chi connectivity index (χ1n) is 5.80. The molecule has 0 aliphatic rings. The van der Waals surface area contributed by atoms with Gasteiger partial charge in [-0.15, -0.1) is 0 Å². The zero-order valence-corrected chi connectivity index (χ0v) is 10.2. The molecule has 0 aliphatic carbocycles. The van der Waals surface area contributed by atoms with Crippen molar-refractivity contribution in [2.45, 2.75) is 6.10 Å². The number of aliphatic hydroxyl groups excluding tert-OH is 1. The first-order chi connectivity index (χ1) is 9.49. The van der Waals surface area contributed by atoms with Crippen molar-refractivity contribution < 1.29 is 22.7 Å². The van der Waals surface area contributed by atoms with Crippen LogP contribution >= 0.6 is 0 Å². The molecule has 0 radical (unpaired) electrons. The van der Waals surface area contributed by atoms with Crippen LogP contribution in [0, 0.1) is 23.3 Å². The maximum Gasteiger partial charge on any atom is 0.152 e. The van der Waals surface area contributed by atoms with Crippen LogP contribution in [-0.4, -0.2) is 11.7 Å². The largest absolute Gasteiger partial charge is 0.386 e. The summed E-state index contributed by atoms with van der Waals surface area (Å²) in [6.45, 7) is -0.319. The van der Waals surface area contributed by atoms with Crippen LogP contribution in [0.15, 0.2) is 36.4 Å². The van der Waals surface area contributed by atoms with E-state index in [4.69, 9.17) is 0 Å². The van der Waals surface area contributed by atoms with Crippen molar-refractivity contribution in [2.75, 3.05) is 11.9 Å². The second-order valence-corrected chi connectivity index (χ2v) is 4.16. The van der Waals surface area contributed by atoms with E-state index in [-0.39, 0.29) is 12.1 Å². The summed E-state index contributed by atoms with van der Waals surface area (Å²) in [5.74, 6) is -3.91. The van der Waals surface area contributed by atoms with Crippen molar-refractivity contribution in [1.29, 1.82) is 0 Å². The Morgan fingerprint density at radius 3 is 2.15 bits per heavy atom. The summed E-state index contributed by atoms with van der Waals surface area (Å²) in [6.07, 6.45) is -1.29. The van der Waals surface area contributed by atoms with Gasteiger partial charge in [0.25, 0.3) is 0 Å². The molecule has 6 heteroatoms. The van der Waals surface area contributed by atoms with E-state index in [1.54, 1.807) is 0 Å². The third-order valence-electron chi connectivity index (χ3n) is 2.74. The number of rotatable bonds is 4. The Morgan fingerprint density at radius 1 is 0.950 bits per heavy atom. The van der Waals surface area contributed by atoms with Gasteiger partial charge >= 0.3 is 0 Å². The number of nitrogens with one attached hydrogen (secondary N) is 1. The summed E-state index contributed by atoms with van der Waals surface area (Å²) >= 11 is 0. The molecule has 0 aromatic heterocycles. The Kier molecular flexibility index (Phi) is 4.24. The quantitative estimate of drug-likeness (QED) is 0.844. The van der Waals surface area contributed by atoms with Crippen molar-refractivity contribution in [3.05, 3.63) is 65.2 Å². The van der Waals surface area contributed by atoms with Gasteiger partial charge in [0.05, 0.1) is 6.10 Å². The molecule has 0 bridgehead atoms. The van der Waals surface area contributed by atoms with Crippen molar-refractivity contribution in [3.63, 3.8) is 0 Å². The molecule has 2 aromatic carbocycles. The van der Waals surface area contributed by atoms with Gasteiger partial charge in [-0.25, -0.2) is 17.6 Å². The molecular formula is C14H11F4NO. The first kappa shape index (κ1) is 14.3. The predicted octanol–water partition coefficient (Wildman–Crippen LogP) is 3.39. The van der Waals surface area contributed by atoms with E-state index in [9.17, 15) is 22.7 Å². The number of aliphatic hydroxyl groups is 1. The van der Waals surface area contributed by atoms with Gasteiger partial charge in [0.1, 0.15) is 17.3 Å². The number of benzene rings is 2. The summed E-state index contributed by atoms with van der Waals surface area (Å²) in [6, 6.07) is 6.54.